The minimum Gasteiger partial charge on any atom is -0.491 e. The molecule has 5 heteroatoms. The molecule has 0 aliphatic carbocycles. The van der Waals surface area contributed by atoms with E-state index in [9.17, 15) is 0 Å². The van der Waals surface area contributed by atoms with Crippen molar-refractivity contribution in [3.8, 4) is 5.75 Å². The molecule has 2 aromatic heterocycles. The van der Waals surface area contributed by atoms with Crippen LogP contribution in [0, 0.1) is 0 Å². The Morgan fingerprint density at radius 2 is 2.07 bits per heavy atom. The smallest absolute Gasteiger partial charge is 0.119 e. The summed E-state index contributed by atoms with van der Waals surface area (Å²) in [6.07, 6.45) is 4.32. The number of likely N-dealkylation sites (tertiary alicyclic amines) is 1. The number of ether oxygens (including phenoxy) is 2. The van der Waals surface area contributed by atoms with Gasteiger partial charge in [0.15, 0.2) is 0 Å². The summed E-state index contributed by atoms with van der Waals surface area (Å²) >= 11 is 0. The van der Waals surface area contributed by atoms with Crippen molar-refractivity contribution < 1.29 is 9.47 Å². The van der Waals surface area contributed by atoms with Crippen LogP contribution in [-0.2, 0) is 11.3 Å². The molecule has 0 bridgehead atoms. The third-order valence-corrected chi connectivity index (χ3v) is 5.24. The average Bonchev–Trinajstić information content (AvgIpc) is 3.14. The Morgan fingerprint density at radius 1 is 1.19 bits per heavy atom. The maximum absolute atomic E-state index is 5.65. The van der Waals surface area contributed by atoms with E-state index in [1.54, 1.807) is 7.11 Å². The lowest BCUT2D eigenvalue weighted by molar-refractivity contribution is 0.146. The van der Waals surface area contributed by atoms with Crippen molar-refractivity contribution in [3.63, 3.8) is 0 Å². The Balaban J connectivity index is 1.36. The molecule has 1 aliphatic rings. The Labute approximate surface area is 160 Å². The van der Waals surface area contributed by atoms with Gasteiger partial charge in [-0.3, -0.25) is 9.88 Å². The summed E-state index contributed by atoms with van der Waals surface area (Å²) in [5.74, 6) is 1.45. The lowest BCUT2D eigenvalue weighted by Crippen LogP contribution is -2.34. The largest absolute Gasteiger partial charge is 0.491 e. The molecule has 4 rings (SSSR count). The molecule has 0 spiro atoms. The quantitative estimate of drug-likeness (QED) is 0.644. The Kier molecular flexibility index (Phi) is 5.70. The Morgan fingerprint density at radius 3 is 2.89 bits per heavy atom. The molecule has 27 heavy (non-hydrogen) atoms. The number of hydrogen-bond donors (Lipinski definition) is 1. The zero-order valence-electron chi connectivity index (χ0n) is 15.9. The highest BCUT2D eigenvalue weighted by molar-refractivity contribution is 5.75. The standard InChI is InChI=1S/C22H27N3O2/c1-26-12-13-27-19-8-6-17(7-9-19)15-25-11-3-4-18(16-25)21-14-22-20(24-21)5-2-10-23-22/h2,5-10,14,18,24H,3-4,11-13,15-16H2,1H3/t18-/m0/s1. The highest BCUT2D eigenvalue weighted by Gasteiger charge is 2.23. The lowest BCUT2D eigenvalue weighted by Gasteiger charge is -2.32. The van der Waals surface area contributed by atoms with Gasteiger partial charge in [-0.1, -0.05) is 12.1 Å². The third-order valence-electron chi connectivity index (χ3n) is 5.24. The maximum atomic E-state index is 5.65. The molecule has 1 N–H and O–H groups in total. The minimum absolute atomic E-state index is 0.546. The van der Waals surface area contributed by atoms with Crippen LogP contribution in [0.4, 0.5) is 0 Å². The number of nitrogens with zero attached hydrogens (tertiary/aromatic N) is 2. The van der Waals surface area contributed by atoms with Gasteiger partial charge in [-0.15, -0.1) is 0 Å². The van der Waals surface area contributed by atoms with Gasteiger partial charge in [0.2, 0.25) is 0 Å². The summed E-state index contributed by atoms with van der Waals surface area (Å²) in [7, 11) is 1.69. The number of aromatic nitrogens is 2. The lowest BCUT2D eigenvalue weighted by atomic mass is 9.94. The number of hydrogen-bond acceptors (Lipinski definition) is 4. The summed E-state index contributed by atoms with van der Waals surface area (Å²) in [6, 6.07) is 14.7. The fraction of sp³-hybridized carbons (Fsp3) is 0.409. The molecule has 3 heterocycles. The van der Waals surface area contributed by atoms with Crippen molar-refractivity contribution in [1.82, 2.24) is 14.9 Å². The number of aromatic amines is 1. The first-order valence-electron chi connectivity index (χ1n) is 9.68. The molecular weight excluding hydrogens is 338 g/mol. The Bertz CT molecular complexity index is 826. The molecule has 5 nitrogen and oxygen atoms in total. The van der Waals surface area contributed by atoms with Crippen LogP contribution in [0.25, 0.3) is 11.0 Å². The first-order chi connectivity index (χ1) is 13.3. The monoisotopic (exact) mass is 365 g/mol. The number of fused-ring (bicyclic) bond motifs is 1. The highest BCUT2D eigenvalue weighted by Crippen LogP contribution is 2.29. The molecule has 0 amide bonds. The van der Waals surface area contributed by atoms with E-state index >= 15 is 0 Å². The second-order valence-electron chi connectivity index (χ2n) is 7.22. The van der Waals surface area contributed by atoms with E-state index in [4.69, 9.17) is 9.47 Å². The number of piperidine rings is 1. The molecule has 3 aromatic rings. The molecule has 0 saturated carbocycles. The average molecular weight is 365 g/mol. The zero-order chi connectivity index (χ0) is 18.5. The summed E-state index contributed by atoms with van der Waals surface area (Å²) < 4.78 is 10.7. The number of nitrogens with one attached hydrogen (secondary N) is 1. The van der Waals surface area contributed by atoms with Crippen LogP contribution in [0.2, 0.25) is 0 Å². The topological polar surface area (TPSA) is 50.4 Å². The van der Waals surface area contributed by atoms with Crippen LogP contribution in [-0.4, -0.2) is 48.3 Å². The van der Waals surface area contributed by atoms with E-state index in [1.165, 1.54) is 24.1 Å². The van der Waals surface area contributed by atoms with Gasteiger partial charge in [-0.25, -0.2) is 0 Å². The van der Waals surface area contributed by atoms with Crippen molar-refractivity contribution in [2.45, 2.75) is 25.3 Å². The van der Waals surface area contributed by atoms with Crippen LogP contribution < -0.4 is 4.74 Å². The van der Waals surface area contributed by atoms with Crippen molar-refractivity contribution in [2.24, 2.45) is 0 Å². The molecule has 1 saturated heterocycles. The van der Waals surface area contributed by atoms with Gasteiger partial charge in [0, 0.05) is 38.0 Å². The van der Waals surface area contributed by atoms with E-state index in [1.807, 2.05) is 12.3 Å². The van der Waals surface area contributed by atoms with Gasteiger partial charge in [0.05, 0.1) is 17.6 Å². The highest BCUT2D eigenvalue weighted by atomic mass is 16.5. The normalized spacial score (nSPS) is 18.0. The fourth-order valence-electron chi connectivity index (χ4n) is 3.84. The van der Waals surface area contributed by atoms with Gasteiger partial charge in [-0.2, -0.15) is 0 Å². The van der Waals surface area contributed by atoms with E-state index in [-0.39, 0.29) is 0 Å². The van der Waals surface area contributed by atoms with Crippen LogP contribution in [0.15, 0.2) is 48.7 Å². The second-order valence-corrected chi connectivity index (χ2v) is 7.22. The molecule has 1 fully saturated rings. The summed E-state index contributed by atoms with van der Waals surface area (Å²) in [4.78, 5) is 10.6. The van der Waals surface area contributed by atoms with Crippen molar-refractivity contribution >= 4 is 11.0 Å². The van der Waals surface area contributed by atoms with E-state index in [0.717, 1.165) is 36.4 Å². The number of methoxy groups -OCH3 is 1. The number of benzene rings is 1. The summed E-state index contributed by atoms with van der Waals surface area (Å²) in [6.45, 7) is 4.41. The van der Waals surface area contributed by atoms with Crippen molar-refractivity contribution in [3.05, 3.63) is 59.9 Å². The molecule has 142 valence electrons. The number of rotatable bonds is 7. The predicted molar refractivity (Wildman–Crippen MR) is 107 cm³/mol. The fourth-order valence-corrected chi connectivity index (χ4v) is 3.84. The molecule has 0 unspecified atom stereocenters. The van der Waals surface area contributed by atoms with E-state index in [2.05, 4.69) is 51.3 Å². The van der Waals surface area contributed by atoms with Crippen molar-refractivity contribution in [2.75, 3.05) is 33.4 Å². The van der Waals surface area contributed by atoms with Crippen LogP contribution >= 0.6 is 0 Å². The van der Waals surface area contributed by atoms with Crippen LogP contribution in [0.3, 0.4) is 0 Å². The van der Waals surface area contributed by atoms with Crippen LogP contribution in [0.1, 0.15) is 30.0 Å². The maximum Gasteiger partial charge on any atom is 0.119 e. The number of pyridine rings is 1. The SMILES string of the molecule is COCCOc1ccc(CN2CCC[C@H](c3cc4ncccc4[nH]3)C2)cc1. The summed E-state index contributed by atoms with van der Waals surface area (Å²) in [5.41, 5.74) is 4.84. The first kappa shape index (κ1) is 18.0. The molecule has 0 radical (unpaired) electrons. The van der Waals surface area contributed by atoms with Gasteiger partial charge >= 0.3 is 0 Å². The zero-order valence-corrected chi connectivity index (χ0v) is 15.9. The first-order valence-corrected chi connectivity index (χ1v) is 9.68. The van der Waals surface area contributed by atoms with Crippen LogP contribution in [0.5, 0.6) is 5.75 Å². The van der Waals surface area contributed by atoms with Gasteiger partial charge < -0.3 is 14.5 Å². The summed E-state index contributed by atoms with van der Waals surface area (Å²) in [5, 5.41) is 0. The molecule has 1 atom stereocenters. The number of H-pyrrole nitrogens is 1. The molecule has 1 aliphatic heterocycles. The van der Waals surface area contributed by atoms with Gasteiger partial charge in [0.25, 0.3) is 0 Å². The van der Waals surface area contributed by atoms with Gasteiger partial charge in [-0.05, 0) is 55.3 Å². The molecular formula is C22H27N3O2. The van der Waals surface area contributed by atoms with Crippen molar-refractivity contribution in [1.29, 1.82) is 0 Å². The second kappa shape index (κ2) is 8.55. The van der Waals surface area contributed by atoms with E-state index in [0.29, 0.717) is 19.1 Å². The predicted octanol–water partition coefficient (Wildman–Crippen LogP) is 3.97. The third kappa shape index (κ3) is 4.49. The van der Waals surface area contributed by atoms with Gasteiger partial charge in [0.1, 0.15) is 12.4 Å². The Hall–Kier alpha value is -2.37. The van der Waals surface area contributed by atoms with E-state index < -0.39 is 0 Å². The molecule has 1 aromatic carbocycles. The minimum atomic E-state index is 0.546.